The van der Waals surface area contributed by atoms with Crippen LogP contribution in [0.3, 0.4) is 0 Å². The van der Waals surface area contributed by atoms with E-state index in [1.165, 1.54) is 83.5 Å². The second-order valence-corrected chi connectivity index (χ2v) is 6.83. The molecule has 0 amide bonds. The first-order chi connectivity index (χ1) is 10.8. The van der Waals surface area contributed by atoms with Gasteiger partial charge in [-0.05, 0) is 25.0 Å². The lowest BCUT2D eigenvalue weighted by Gasteiger charge is -2.04. The first-order valence-corrected chi connectivity index (χ1v) is 9.81. The van der Waals surface area contributed by atoms with Crippen LogP contribution in [0.2, 0.25) is 5.02 Å². The van der Waals surface area contributed by atoms with Gasteiger partial charge in [0.1, 0.15) is 0 Å². The van der Waals surface area contributed by atoms with Gasteiger partial charge in [0.05, 0.1) is 10.7 Å². The van der Waals surface area contributed by atoms with E-state index in [1.54, 1.807) is 0 Å². The van der Waals surface area contributed by atoms with Crippen molar-refractivity contribution < 1.29 is 0 Å². The average molecular weight is 324 g/mol. The number of nitrogens with zero attached hydrogens (tertiary/aromatic N) is 1. The Labute approximate surface area is 142 Å². The van der Waals surface area contributed by atoms with Crippen LogP contribution < -0.4 is 0 Å². The van der Waals surface area contributed by atoms with Crippen molar-refractivity contribution in [1.82, 2.24) is 4.98 Å². The van der Waals surface area contributed by atoms with Crippen LogP contribution in [0.4, 0.5) is 0 Å². The molecule has 1 aromatic rings. The van der Waals surface area contributed by atoms with E-state index in [0.29, 0.717) is 0 Å². The molecular formula is C20H34ClN. The number of unbranched alkanes of at least 4 members (excludes halogenated alkanes) is 12. The highest BCUT2D eigenvalue weighted by Crippen LogP contribution is 2.16. The highest BCUT2D eigenvalue weighted by Gasteiger charge is 2.00. The summed E-state index contributed by atoms with van der Waals surface area (Å²) >= 11 is 6.11. The van der Waals surface area contributed by atoms with E-state index in [0.717, 1.165) is 17.1 Å². The quantitative estimate of drug-likeness (QED) is 0.326. The molecule has 0 atom stereocenters. The van der Waals surface area contributed by atoms with Crippen LogP contribution >= 0.6 is 11.6 Å². The Morgan fingerprint density at radius 3 is 1.77 bits per heavy atom. The van der Waals surface area contributed by atoms with Gasteiger partial charge in [0, 0.05) is 6.20 Å². The van der Waals surface area contributed by atoms with Gasteiger partial charge in [0.15, 0.2) is 0 Å². The molecule has 0 N–H and O–H groups in total. The summed E-state index contributed by atoms with van der Waals surface area (Å²) in [6.45, 7) is 2.28. The van der Waals surface area contributed by atoms with Crippen LogP contribution in [0.15, 0.2) is 18.3 Å². The maximum absolute atomic E-state index is 6.11. The summed E-state index contributed by atoms with van der Waals surface area (Å²) in [5.74, 6) is 0. The zero-order valence-electron chi connectivity index (χ0n) is 14.5. The first-order valence-electron chi connectivity index (χ1n) is 9.44. The molecule has 0 saturated heterocycles. The molecule has 0 radical (unpaired) electrons. The van der Waals surface area contributed by atoms with Gasteiger partial charge >= 0.3 is 0 Å². The van der Waals surface area contributed by atoms with E-state index in [4.69, 9.17) is 11.6 Å². The van der Waals surface area contributed by atoms with E-state index >= 15 is 0 Å². The first kappa shape index (κ1) is 19.5. The second-order valence-electron chi connectivity index (χ2n) is 6.42. The Morgan fingerprint density at radius 2 is 1.27 bits per heavy atom. The van der Waals surface area contributed by atoms with Crippen LogP contribution in [0.5, 0.6) is 0 Å². The number of hydrogen-bond acceptors (Lipinski definition) is 1. The molecule has 0 aliphatic heterocycles. The van der Waals surface area contributed by atoms with E-state index in [-0.39, 0.29) is 0 Å². The minimum Gasteiger partial charge on any atom is -0.260 e. The van der Waals surface area contributed by atoms with E-state index in [2.05, 4.69) is 11.9 Å². The summed E-state index contributed by atoms with van der Waals surface area (Å²) in [5.41, 5.74) is 1.06. The minimum atomic E-state index is 0.821. The fraction of sp³-hybridized carbons (Fsp3) is 0.750. The van der Waals surface area contributed by atoms with Crippen LogP contribution in [-0.2, 0) is 6.42 Å². The van der Waals surface area contributed by atoms with Crippen molar-refractivity contribution in [3.8, 4) is 0 Å². The Kier molecular flexibility index (Phi) is 12.5. The monoisotopic (exact) mass is 323 g/mol. The standard InChI is InChI=1S/C20H34ClN/c1-2-3-4-5-6-7-8-9-10-11-12-13-14-17-20-19(21)16-15-18-22-20/h15-16,18H,2-14,17H2,1H3. The summed E-state index contributed by atoms with van der Waals surface area (Å²) < 4.78 is 0. The summed E-state index contributed by atoms with van der Waals surface area (Å²) in [7, 11) is 0. The highest BCUT2D eigenvalue weighted by atomic mass is 35.5. The molecule has 0 aliphatic carbocycles. The van der Waals surface area contributed by atoms with E-state index in [9.17, 15) is 0 Å². The molecule has 1 aromatic heterocycles. The van der Waals surface area contributed by atoms with Crippen molar-refractivity contribution in [2.75, 3.05) is 0 Å². The van der Waals surface area contributed by atoms with Crippen molar-refractivity contribution in [3.05, 3.63) is 29.0 Å². The largest absolute Gasteiger partial charge is 0.260 e. The molecular weight excluding hydrogens is 290 g/mol. The molecule has 0 aliphatic rings. The van der Waals surface area contributed by atoms with Gasteiger partial charge in [-0.15, -0.1) is 0 Å². The van der Waals surface area contributed by atoms with Gasteiger partial charge in [-0.3, -0.25) is 4.98 Å². The van der Waals surface area contributed by atoms with Crippen LogP contribution in [-0.4, -0.2) is 4.98 Å². The minimum absolute atomic E-state index is 0.821. The summed E-state index contributed by atoms with van der Waals surface area (Å²) in [4.78, 5) is 4.34. The Bertz CT molecular complexity index is 364. The van der Waals surface area contributed by atoms with Gasteiger partial charge < -0.3 is 0 Å². The Hall–Kier alpha value is -0.560. The van der Waals surface area contributed by atoms with E-state index < -0.39 is 0 Å². The zero-order chi connectivity index (χ0) is 15.9. The maximum atomic E-state index is 6.11. The molecule has 1 heterocycles. The van der Waals surface area contributed by atoms with Crippen molar-refractivity contribution in [1.29, 1.82) is 0 Å². The number of halogens is 1. The molecule has 2 heteroatoms. The van der Waals surface area contributed by atoms with Gasteiger partial charge in [-0.1, -0.05) is 95.6 Å². The lowest BCUT2D eigenvalue weighted by atomic mass is 10.0. The van der Waals surface area contributed by atoms with Crippen LogP contribution in [0.25, 0.3) is 0 Å². The lowest BCUT2D eigenvalue weighted by molar-refractivity contribution is 0.539. The molecule has 1 nitrogen and oxygen atoms in total. The maximum Gasteiger partial charge on any atom is 0.0621 e. The molecule has 1 rings (SSSR count). The number of aromatic nitrogens is 1. The van der Waals surface area contributed by atoms with Gasteiger partial charge in [-0.2, -0.15) is 0 Å². The normalized spacial score (nSPS) is 11.0. The molecule has 126 valence electrons. The molecule has 0 saturated carbocycles. The van der Waals surface area contributed by atoms with Crippen molar-refractivity contribution in [2.45, 2.75) is 96.8 Å². The third-order valence-electron chi connectivity index (χ3n) is 4.35. The topological polar surface area (TPSA) is 12.9 Å². The van der Waals surface area contributed by atoms with Crippen molar-refractivity contribution >= 4 is 11.6 Å². The fourth-order valence-corrected chi connectivity index (χ4v) is 3.13. The van der Waals surface area contributed by atoms with Gasteiger partial charge in [0.25, 0.3) is 0 Å². The van der Waals surface area contributed by atoms with Crippen molar-refractivity contribution in [2.24, 2.45) is 0 Å². The highest BCUT2D eigenvalue weighted by molar-refractivity contribution is 6.31. The molecule has 0 fully saturated rings. The average Bonchev–Trinajstić information content (AvgIpc) is 2.53. The van der Waals surface area contributed by atoms with Crippen molar-refractivity contribution in [3.63, 3.8) is 0 Å². The second kappa shape index (κ2) is 14.1. The lowest BCUT2D eigenvalue weighted by Crippen LogP contribution is -1.91. The molecule has 0 unspecified atom stereocenters. The zero-order valence-corrected chi connectivity index (χ0v) is 15.2. The SMILES string of the molecule is CCCCCCCCCCCCCCCc1ncccc1Cl. The summed E-state index contributed by atoms with van der Waals surface area (Å²) in [5, 5.41) is 0.821. The summed E-state index contributed by atoms with van der Waals surface area (Å²) in [6, 6.07) is 3.84. The predicted octanol–water partition coefficient (Wildman–Crippen LogP) is 7.37. The number of rotatable bonds is 14. The van der Waals surface area contributed by atoms with Gasteiger partial charge in [-0.25, -0.2) is 0 Å². The molecule has 22 heavy (non-hydrogen) atoms. The Balaban J connectivity index is 1.81. The Morgan fingerprint density at radius 1 is 0.773 bits per heavy atom. The van der Waals surface area contributed by atoms with Crippen LogP contribution in [0.1, 0.15) is 96.1 Å². The van der Waals surface area contributed by atoms with E-state index in [1.807, 2.05) is 18.3 Å². The number of hydrogen-bond donors (Lipinski definition) is 0. The third-order valence-corrected chi connectivity index (χ3v) is 4.70. The molecule has 0 aromatic carbocycles. The van der Waals surface area contributed by atoms with Crippen LogP contribution in [0, 0.1) is 0 Å². The third kappa shape index (κ3) is 10.2. The van der Waals surface area contributed by atoms with Gasteiger partial charge in [0.2, 0.25) is 0 Å². The summed E-state index contributed by atoms with van der Waals surface area (Å²) in [6.07, 6.45) is 21.0. The molecule has 0 bridgehead atoms. The number of pyridine rings is 1. The predicted molar refractivity (Wildman–Crippen MR) is 98.6 cm³/mol. The fourth-order valence-electron chi connectivity index (χ4n) is 2.91. The molecule has 0 spiro atoms. The smallest absolute Gasteiger partial charge is 0.0621 e. The number of aryl methyl sites for hydroxylation is 1.